The Morgan fingerprint density at radius 1 is 1.15 bits per heavy atom. The molecular formula is C22H23ClN2O2. The van der Waals surface area contributed by atoms with Crippen LogP contribution < -0.4 is 5.32 Å². The van der Waals surface area contributed by atoms with Crippen LogP contribution in [0, 0.1) is 5.92 Å². The van der Waals surface area contributed by atoms with Gasteiger partial charge >= 0.3 is 0 Å². The molecule has 0 spiro atoms. The number of carbonyl (C=O) groups is 2. The SMILES string of the molecule is O=C(N[C@@H]1CCCc2ccccc21)[C@@H]1CC(=O)N(Cc2ccccc2Cl)C1. The second-order valence-corrected chi connectivity index (χ2v) is 7.83. The van der Waals surface area contributed by atoms with Crippen molar-refractivity contribution in [3.05, 3.63) is 70.2 Å². The zero-order valence-corrected chi connectivity index (χ0v) is 15.9. The number of hydrogen-bond acceptors (Lipinski definition) is 2. The number of carbonyl (C=O) groups excluding carboxylic acids is 2. The number of nitrogens with zero attached hydrogens (tertiary/aromatic N) is 1. The first-order valence-corrected chi connectivity index (χ1v) is 9.89. The molecule has 2 amide bonds. The number of amides is 2. The minimum Gasteiger partial charge on any atom is -0.349 e. The molecular weight excluding hydrogens is 360 g/mol. The lowest BCUT2D eigenvalue weighted by Crippen LogP contribution is -2.36. The van der Waals surface area contributed by atoms with Crippen LogP contribution in [0.2, 0.25) is 5.02 Å². The maximum atomic E-state index is 12.8. The van der Waals surface area contributed by atoms with Gasteiger partial charge in [-0.25, -0.2) is 0 Å². The van der Waals surface area contributed by atoms with E-state index in [2.05, 4.69) is 17.4 Å². The Bertz CT molecular complexity index is 867. The molecule has 1 aliphatic heterocycles. The van der Waals surface area contributed by atoms with Gasteiger partial charge in [0.15, 0.2) is 0 Å². The second kappa shape index (κ2) is 7.73. The highest BCUT2D eigenvalue weighted by molar-refractivity contribution is 6.31. The van der Waals surface area contributed by atoms with Gasteiger partial charge in [-0.1, -0.05) is 54.1 Å². The van der Waals surface area contributed by atoms with Gasteiger partial charge in [0.1, 0.15) is 0 Å². The Morgan fingerprint density at radius 2 is 1.93 bits per heavy atom. The van der Waals surface area contributed by atoms with Crippen LogP contribution in [-0.4, -0.2) is 23.3 Å². The fraction of sp³-hybridized carbons (Fsp3) is 0.364. The van der Waals surface area contributed by atoms with Crippen LogP contribution in [0.5, 0.6) is 0 Å². The molecule has 4 nitrogen and oxygen atoms in total. The number of aryl methyl sites for hydroxylation is 1. The summed E-state index contributed by atoms with van der Waals surface area (Å²) in [4.78, 5) is 27.0. The average Bonchev–Trinajstić information content (AvgIpc) is 3.05. The van der Waals surface area contributed by atoms with Crippen LogP contribution in [0.25, 0.3) is 0 Å². The molecule has 1 saturated heterocycles. The fourth-order valence-corrected chi connectivity index (χ4v) is 4.32. The number of halogens is 1. The molecule has 0 unspecified atom stereocenters. The van der Waals surface area contributed by atoms with Crippen LogP contribution in [-0.2, 0) is 22.6 Å². The number of hydrogen-bond donors (Lipinski definition) is 1. The number of benzene rings is 2. The molecule has 0 radical (unpaired) electrons. The number of fused-ring (bicyclic) bond motifs is 1. The van der Waals surface area contributed by atoms with Crippen LogP contribution in [0.4, 0.5) is 0 Å². The van der Waals surface area contributed by atoms with E-state index in [4.69, 9.17) is 11.6 Å². The first-order chi connectivity index (χ1) is 13.1. The summed E-state index contributed by atoms with van der Waals surface area (Å²) >= 11 is 6.21. The summed E-state index contributed by atoms with van der Waals surface area (Å²) in [5.41, 5.74) is 3.45. The zero-order chi connectivity index (χ0) is 18.8. The Morgan fingerprint density at radius 3 is 2.78 bits per heavy atom. The highest BCUT2D eigenvalue weighted by Gasteiger charge is 2.35. The molecule has 1 heterocycles. The van der Waals surface area contributed by atoms with E-state index in [1.165, 1.54) is 11.1 Å². The molecule has 1 aliphatic carbocycles. The standard InChI is InChI=1S/C22H23ClN2O2/c23-19-10-4-2-7-16(19)13-25-14-17(12-21(25)26)22(27)24-20-11-5-8-15-6-1-3-9-18(15)20/h1-4,6-7,9-10,17,20H,5,8,11-14H2,(H,24,27)/t17-,20-/m1/s1. The van der Waals surface area contributed by atoms with E-state index in [0.717, 1.165) is 24.8 Å². The van der Waals surface area contributed by atoms with Crippen LogP contribution in [0.15, 0.2) is 48.5 Å². The van der Waals surface area contributed by atoms with Gasteiger partial charge in [-0.15, -0.1) is 0 Å². The van der Waals surface area contributed by atoms with Crippen molar-refractivity contribution < 1.29 is 9.59 Å². The van der Waals surface area contributed by atoms with E-state index in [-0.39, 0.29) is 30.2 Å². The third-order valence-corrected chi connectivity index (χ3v) is 5.96. The Labute approximate surface area is 164 Å². The summed E-state index contributed by atoms with van der Waals surface area (Å²) in [6, 6.07) is 15.9. The third kappa shape index (κ3) is 3.86. The summed E-state index contributed by atoms with van der Waals surface area (Å²) in [7, 11) is 0. The summed E-state index contributed by atoms with van der Waals surface area (Å²) < 4.78 is 0. The molecule has 0 aromatic heterocycles. The summed E-state index contributed by atoms with van der Waals surface area (Å²) in [6.45, 7) is 0.902. The lowest BCUT2D eigenvalue weighted by molar-refractivity contribution is -0.129. The lowest BCUT2D eigenvalue weighted by atomic mass is 9.87. The Balaban J connectivity index is 1.41. The molecule has 2 aromatic carbocycles. The molecule has 4 rings (SSSR count). The monoisotopic (exact) mass is 382 g/mol. The van der Waals surface area contributed by atoms with Gasteiger partial charge in [0.05, 0.1) is 12.0 Å². The van der Waals surface area contributed by atoms with Gasteiger partial charge in [-0.2, -0.15) is 0 Å². The number of likely N-dealkylation sites (tertiary alicyclic amines) is 1. The van der Waals surface area contributed by atoms with Crippen LogP contribution in [0.3, 0.4) is 0 Å². The third-order valence-electron chi connectivity index (χ3n) is 5.59. The predicted octanol–water partition coefficient (Wildman–Crippen LogP) is 3.88. The molecule has 1 fully saturated rings. The highest BCUT2D eigenvalue weighted by atomic mass is 35.5. The molecule has 2 aromatic rings. The van der Waals surface area contributed by atoms with Gasteiger partial charge in [-0.3, -0.25) is 9.59 Å². The van der Waals surface area contributed by atoms with Gasteiger partial charge in [0.2, 0.25) is 11.8 Å². The largest absolute Gasteiger partial charge is 0.349 e. The van der Waals surface area contributed by atoms with Crippen molar-refractivity contribution in [2.45, 2.75) is 38.3 Å². The molecule has 140 valence electrons. The van der Waals surface area contributed by atoms with E-state index in [0.29, 0.717) is 18.1 Å². The highest BCUT2D eigenvalue weighted by Crippen LogP contribution is 2.30. The first-order valence-electron chi connectivity index (χ1n) is 9.51. The average molecular weight is 383 g/mol. The molecule has 27 heavy (non-hydrogen) atoms. The molecule has 2 atom stereocenters. The minimum absolute atomic E-state index is 0.0131. The lowest BCUT2D eigenvalue weighted by Gasteiger charge is -2.27. The van der Waals surface area contributed by atoms with Crippen LogP contribution in [0.1, 0.15) is 42.0 Å². The first kappa shape index (κ1) is 18.1. The molecule has 5 heteroatoms. The Hall–Kier alpha value is -2.33. The number of nitrogens with one attached hydrogen (secondary N) is 1. The summed E-state index contributed by atoms with van der Waals surface area (Å²) in [6.07, 6.45) is 3.36. The van der Waals surface area contributed by atoms with E-state index in [1.807, 2.05) is 36.4 Å². The molecule has 1 N–H and O–H groups in total. The van der Waals surface area contributed by atoms with E-state index in [9.17, 15) is 9.59 Å². The van der Waals surface area contributed by atoms with Crippen molar-refractivity contribution in [1.29, 1.82) is 0 Å². The fourth-order valence-electron chi connectivity index (χ4n) is 4.13. The van der Waals surface area contributed by atoms with Crippen molar-refractivity contribution in [3.63, 3.8) is 0 Å². The predicted molar refractivity (Wildman–Crippen MR) is 105 cm³/mol. The zero-order valence-electron chi connectivity index (χ0n) is 15.2. The Kier molecular flexibility index (Phi) is 5.17. The van der Waals surface area contributed by atoms with Gasteiger partial charge < -0.3 is 10.2 Å². The van der Waals surface area contributed by atoms with Gasteiger partial charge in [-0.05, 0) is 42.0 Å². The van der Waals surface area contributed by atoms with E-state index < -0.39 is 0 Å². The van der Waals surface area contributed by atoms with Crippen molar-refractivity contribution in [1.82, 2.24) is 10.2 Å². The van der Waals surface area contributed by atoms with E-state index >= 15 is 0 Å². The van der Waals surface area contributed by atoms with Gasteiger partial charge in [0.25, 0.3) is 0 Å². The maximum Gasteiger partial charge on any atom is 0.225 e. The smallest absolute Gasteiger partial charge is 0.225 e. The molecule has 2 aliphatic rings. The topological polar surface area (TPSA) is 49.4 Å². The normalized spacial score (nSPS) is 21.8. The van der Waals surface area contributed by atoms with Crippen molar-refractivity contribution in [2.24, 2.45) is 5.92 Å². The van der Waals surface area contributed by atoms with Crippen molar-refractivity contribution >= 4 is 23.4 Å². The minimum atomic E-state index is -0.297. The van der Waals surface area contributed by atoms with E-state index in [1.54, 1.807) is 4.90 Å². The maximum absolute atomic E-state index is 12.8. The second-order valence-electron chi connectivity index (χ2n) is 7.42. The van der Waals surface area contributed by atoms with Crippen molar-refractivity contribution in [2.75, 3.05) is 6.54 Å². The molecule has 0 bridgehead atoms. The summed E-state index contributed by atoms with van der Waals surface area (Å²) in [5.74, 6) is -0.306. The van der Waals surface area contributed by atoms with Gasteiger partial charge in [0, 0.05) is 24.5 Å². The quantitative estimate of drug-likeness (QED) is 0.872. The van der Waals surface area contributed by atoms with Crippen molar-refractivity contribution in [3.8, 4) is 0 Å². The molecule has 0 saturated carbocycles. The summed E-state index contributed by atoms with van der Waals surface area (Å²) in [5, 5.41) is 3.84. The number of rotatable bonds is 4. The van der Waals surface area contributed by atoms with Crippen LogP contribution >= 0.6 is 11.6 Å².